The van der Waals surface area contributed by atoms with Crippen molar-refractivity contribution in [2.75, 3.05) is 0 Å². The summed E-state index contributed by atoms with van der Waals surface area (Å²) in [5, 5.41) is 4.38. The quantitative estimate of drug-likeness (QED) is 0.732. The first-order chi connectivity index (χ1) is 11.8. The van der Waals surface area contributed by atoms with E-state index in [1.807, 2.05) is 0 Å². The number of hydrogen-bond donors (Lipinski definition) is 1. The highest BCUT2D eigenvalue weighted by molar-refractivity contribution is 7.89. The molecule has 3 aromatic rings. The number of nitrogens with one attached hydrogen (secondary N) is 1. The highest BCUT2D eigenvalue weighted by atomic mass is 35.5. The maximum absolute atomic E-state index is 13.1. The topological polar surface area (TPSA) is 85.1 Å². The molecule has 0 fully saturated rings. The number of halogens is 2. The minimum absolute atomic E-state index is 0.00802. The van der Waals surface area contributed by atoms with Crippen LogP contribution in [0, 0.1) is 12.7 Å². The van der Waals surface area contributed by atoms with Crippen molar-refractivity contribution in [1.29, 1.82) is 0 Å². The van der Waals surface area contributed by atoms with E-state index in [9.17, 15) is 12.8 Å². The maximum atomic E-state index is 13.1. The van der Waals surface area contributed by atoms with Crippen LogP contribution in [0.25, 0.3) is 11.4 Å². The molecule has 6 nitrogen and oxygen atoms in total. The number of aryl methyl sites for hydroxylation is 1. The van der Waals surface area contributed by atoms with Gasteiger partial charge < -0.3 is 4.52 Å². The Labute approximate surface area is 148 Å². The standard InChI is InChI=1S/C16H13ClFN3O3S/c1-10-8-13(18)6-7-14(10)25(22,23)19-9-15-20-16(21-24-15)11-2-4-12(17)5-3-11/h2-8,19H,9H2,1H3. The number of benzene rings is 2. The van der Waals surface area contributed by atoms with E-state index in [-0.39, 0.29) is 17.3 Å². The molecule has 0 aliphatic heterocycles. The third kappa shape index (κ3) is 4.04. The Balaban J connectivity index is 1.74. The van der Waals surface area contributed by atoms with Crippen molar-refractivity contribution in [3.8, 4) is 11.4 Å². The minimum atomic E-state index is -3.83. The van der Waals surface area contributed by atoms with Crippen LogP contribution in [-0.4, -0.2) is 18.6 Å². The van der Waals surface area contributed by atoms with Crippen molar-refractivity contribution in [2.45, 2.75) is 18.4 Å². The zero-order valence-corrected chi connectivity index (χ0v) is 14.6. The van der Waals surface area contributed by atoms with Gasteiger partial charge in [0.1, 0.15) is 5.82 Å². The first-order valence-electron chi connectivity index (χ1n) is 7.19. The third-order valence-corrected chi connectivity index (χ3v) is 5.22. The summed E-state index contributed by atoms with van der Waals surface area (Å²) in [6.07, 6.45) is 0. The molecule has 0 saturated heterocycles. The number of nitrogens with zero attached hydrogens (tertiary/aromatic N) is 2. The molecule has 0 saturated carbocycles. The summed E-state index contributed by atoms with van der Waals surface area (Å²) in [7, 11) is -3.83. The summed E-state index contributed by atoms with van der Waals surface area (Å²) in [5.41, 5.74) is 0.997. The van der Waals surface area contributed by atoms with E-state index in [0.717, 1.165) is 12.1 Å². The number of rotatable bonds is 5. The van der Waals surface area contributed by atoms with Gasteiger partial charge in [-0.1, -0.05) is 16.8 Å². The Hall–Kier alpha value is -2.29. The fourth-order valence-corrected chi connectivity index (χ4v) is 3.52. The van der Waals surface area contributed by atoms with E-state index < -0.39 is 15.8 Å². The first-order valence-corrected chi connectivity index (χ1v) is 9.05. The summed E-state index contributed by atoms with van der Waals surface area (Å²) < 4.78 is 45.2. The summed E-state index contributed by atoms with van der Waals surface area (Å²) in [6.45, 7) is 1.34. The smallest absolute Gasteiger partial charge is 0.242 e. The predicted molar refractivity (Wildman–Crippen MR) is 89.9 cm³/mol. The minimum Gasteiger partial charge on any atom is -0.338 e. The Morgan fingerprint density at radius 1 is 1.20 bits per heavy atom. The Bertz CT molecular complexity index is 1000. The van der Waals surface area contributed by atoms with Crippen LogP contribution in [0.5, 0.6) is 0 Å². The molecule has 1 aromatic heterocycles. The highest BCUT2D eigenvalue weighted by Gasteiger charge is 2.18. The second kappa shape index (κ2) is 6.91. The van der Waals surface area contributed by atoms with Crippen molar-refractivity contribution in [1.82, 2.24) is 14.9 Å². The Kier molecular flexibility index (Phi) is 4.85. The second-order valence-corrected chi connectivity index (χ2v) is 7.42. The molecule has 130 valence electrons. The van der Waals surface area contributed by atoms with Gasteiger partial charge in [-0.2, -0.15) is 4.98 Å². The average molecular weight is 382 g/mol. The van der Waals surface area contributed by atoms with Gasteiger partial charge in [0.05, 0.1) is 11.4 Å². The monoisotopic (exact) mass is 381 g/mol. The van der Waals surface area contributed by atoms with Crippen LogP contribution in [0.4, 0.5) is 4.39 Å². The van der Waals surface area contributed by atoms with E-state index in [1.54, 1.807) is 24.3 Å². The molecule has 0 amide bonds. The molecule has 2 aromatic carbocycles. The largest absolute Gasteiger partial charge is 0.338 e. The van der Waals surface area contributed by atoms with Crippen molar-refractivity contribution < 1.29 is 17.3 Å². The van der Waals surface area contributed by atoms with Crippen molar-refractivity contribution >= 4 is 21.6 Å². The molecule has 1 N–H and O–H groups in total. The van der Waals surface area contributed by atoms with E-state index in [2.05, 4.69) is 14.9 Å². The van der Waals surface area contributed by atoms with Crippen molar-refractivity contribution in [2.24, 2.45) is 0 Å². The molecule has 0 bridgehead atoms. The molecule has 9 heteroatoms. The van der Waals surface area contributed by atoms with E-state index >= 15 is 0 Å². The highest BCUT2D eigenvalue weighted by Crippen LogP contribution is 2.19. The molecule has 0 radical (unpaired) electrons. The number of aromatic nitrogens is 2. The molecular formula is C16H13ClFN3O3S. The van der Waals surface area contributed by atoms with Crippen molar-refractivity contribution in [3.63, 3.8) is 0 Å². The zero-order valence-electron chi connectivity index (χ0n) is 13.0. The maximum Gasteiger partial charge on any atom is 0.242 e. The fourth-order valence-electron chi connectivity index (χ4n) is 2.19. The molecule has 1 heterocycles. The second-order valence-electron chi connectivity index (χ2n) is 5.25. The van der Waals surface area contributed by atoms with Crippen LogP contribution in [0.15, 0.2) is 51.9 Å². The van der Waals surface area contributed by atoms with Crippen LogP contribution in [0.3, 0.4) is 0 Å². The number of sulfonamides is 1. The van der Waals surface area contributed by atoms with Crippen LogP contribution in [-0.2, 0) is 16.6 Å². The molecular weight excluding hydrogens is 369 g/mol. The van der Waals surface area contributed by atoms with Gasteiger partial charge in [0.2, 0.25) is 21.7 Å². The zero-order chi connectivity index (χ0) is 18.0. The van der Waals surface area contributed by atoms with Gasteiger partial charge >= 0.3 is 0 Å². The lowest BCUT2D eigenvalue weighted by atomic mass is 10.2. The molecule has 0 spiro atoms. The van der Waals surface area contributed by atoms with Gasteiger partial charge in [-0.05, 0) is 55.0 Å². The Morgan fingerprint density at radius 3 is 2.60 bits per heavy atom. The molecule has 25 heavy (non-hydrogen) atoms. The van der Waals surface area contributed by atoms with Crippen LogP contribution in [0.2, 0.25) is 5.02 Å². The van der Waals surface area contributed by atoms with Crippen LogP contribution < -0.4 is 4.72 Å². The van der Waals surface area contributed by atoms with Gasteiger partial charge in [-0.25, -0.2) is 17.5 Å². The van der Waals surface area contributed by atoms with Crippen molar-refractivity contribution in [3.05, 3.63) is 64.8 Å². The SMILES string of the molecule is Cc1cc(F)ccc1S(=O)(=O)NCc1nc(-c2ccc(Cl)cc2)no1. The van der Waals surface area contributed by atoms with Gasteiger partial charge in [0.15, 0.2) is 0 Å². The predicted octanol–water partition coefficient (Wildman–Crippen LogP) is 3.32. The van der Waals surface area contributed by atoms with Gasteiger partial charge in [-0.15, -0.1) is 0 Å². The van der Waals surface area contributed by atoms with E-state index in [4.69, 9.17) is 16.1 Å². The van der Waals surface area contributed by atoms with Gasteiger partial charge in [-0.3, -0.25) is 0 Å². The van der Waals surface area contributed by atoms with Crippen LogP contribution in [0.1, 0.15) is 11.5 Å². The normalized spacial score (nSPS) is 11.6. The Morgan fingerprint density at radius 2 is 1.92 bits per heavy atom. The average Bonchev–Trinajstić information content (AvgIpc) is 3.02. The van der Waals surface area contributed by atoms with E-state index in [1.165, 1.54) is 13.0 Å². The molecule has 0 aliphatic rings. The lowest BCUT2D eigenvalue weighted by Gasteiger charge is -2.07. The third-order valence-electron chi connectivity index (χ3n) is 3.41. The molecule has 0 atom stereocenters. The molecule has 0 unspecified atom stereocenters. The number of hydrogen-bond acceptors (Lipinski definition) is 5. The lowest BCUT2D eigenvalue weighted by molar-refractivity contribution is 0.376. The van der Waals surface area contributed by atoms with Crippen LogP contribution >= 0.6 is 11.6 Å². The fraction of sp³-hybridized carbons (Fsp3) is 0.125. The van der Waals surface area contributed by atoms with Gasteiger partial charge in [0, 0.05) is 10.6 Å². The summed E-state index contributed by atoms with van der Waals surface area (Å²) in [4.78, 5) is 4.13. The van der Waals surface area contributed by atoms with E-state index in [0.29, 0.717) is 22.0 Å². The molecule has 0 aliphatic carbocycles. The first kappa shape index (κ1) is 17.5. The lowest BCUT2D eigenvalue weighted by Crippen LogP contribution is -2.24. The summed E-state index contributed by atoms with van der Waals surface area (Å²) in [5.74, 6) is -0.0712. The summed E-state index contributed by atoms with van der Waals surface area (Å²) in [6, 6.07) is 10.3. The van der Waals surface area contributed by atoms with Gasteiger partial charge in [0.25, 0.3) is 0 Å². The molecule has 3 rings (SSSR count). The summed E-state index contributed by atoms with van der Waals surface area (Å²) >= 11 is 5.82.